The molecule has 1 unspecified atom stereocenters. The van der Waals surface area contributed by atoms with E-state index in [4.69, 9.17) is 0 Å². The molecule has 0 bridgehead atoms. The van der Waals surface area contributed by atoms with Crippen LogP contribution in [-0.4, -0.2) is 24.1 Å². The molecule has 1 N–H and O–H groups in total. The van der Waals surface area contributed by atoms with Crippen molar-refractivity contribution in [2.24, 2.45) is 0 Å². The van der Waals surface area contributed by atoms with E-state index < -0.39 is 0 Å². The third-order valence-corrected chi connectivity index (χ3v) is 4.81. The molecule has 0 aromatic rings. The first-order valence-electron chi connectivity index (χ1n) is 7.88. The minimum atomic E-state index is 0.639. The van der Waals surface area contributed by atoms with Gasteiger partial charge in [0.25, 0.3) is 0 Å². The molecule has 0 radical (unpaired) electrons. The van der Waals surface area contributed by atoms with Crippen LogP contribution in [0.4, 0.5) is 0 Å². The second kappa shape index (κ2) is 10.9. The van der Waals surface area contributed by atoms with Crippen LogP contribution in [0.1, 0.15) is 65.2 Å². The van der Waals surface area contributed by atoms with Crippen LogP contribution in [0.2, 0.25) is 0 Å². The SMILES string of the molecule is CCCNC(CSCCC)C1=CCCCCCC1. The van der Waals surface area contributed by atoms with Crippen LogP contribution in [0, 0.1) is 0 Å². The van der Waals surface area contributed by atoms with E-state index in [2.05, 4.69) is 37.0 Å². The van der Waals surface area contributed by atoms with E-state index in [0.29, 0.717) is 6.04 Å². The average molecular weight is 269 g/mol. The summed E-state index contributed by atoms with van der Waals surface area (Å²) in [5, 5.41) is 3.76. The Balaban J connectivity index is 2.48. The summed E-state index contributed by atoms with van der Waals surface area (Å²) in [4.78, 5) is 0. The molecule has 0 fully saturated rings. The van der Waals surface area contributed by atoms with E-state index in [9.17, 15) is 0 Å². The smallest absolute Gasteiger partial charge is 0.0370 e. The van der Waals surface area contributed by atoms with Crippen molar-refractivity contribution in [3.63, 3.8) is 0 Å². The molecule has 1 nitrogen and oxygen atoms in total. The minimum Gasteiger partial charge on any atom is -0.310 e. The Morgan fingerprint density at radius 2 is 2.00 bits per heavy atom. The lowest BCUT2D eigenvalue weighted by Crippen LogP contribution is -2.34. The van der Waals surface area contributed by atoms with Crippen molar-refractivity contribution in [2.45, 2.75) is 71.3 Å². The standard InChI is InChI=1S/C16H31NS/c1-3-12-17-16(14-18-13-4-2)15-10-8-6-5-7-9-11-15/h10,16-17H,3-9,11-14H2,1-2H3. The van der Waals surface area contributed by atoms with Crippen molar-refractivity contribution in [1.29, 1.82) is 0 Å². The highest BCUT2D eigenvalue weighted by molar-refractivity contribution is 7.99. The van der Waals surface area contributed by atoms with Crippen molar-refractivity contribution in [3.8, 4) is 0 Å². The molecule has 0 aliphatic heterocycles. The van der Waals surface area contributed by atoms with Crippen molar-refractivity contribution in [3.05, 3.63) is 11.6 Å². The molecule has 0 amide bonds. The van der Waals surface area contributed by atoms with Gasteiger partial charge in [-0.05, 0) is 50.8 Å². The van der Waals surface area contributed by atoms with Gasteiger partial charge in [-0.25, -0.2) is 0 Å². The van der Waals surface area contributed by atoms with Crippen LogP contribution >= 0.6 is 11.8 Å². The molecule has 0 saturated carbocycles. The van der Waals surface area contributed by atoms with Crippen molar-refractivity contribution >= 4 is 11.8 Å². The van der Waals surface area contributed by atoms with Gasteiger partial charge in [0.2, 0.25) is 0 Å². The molecule has 1 atom stereocenters. The summed E-state index contributed by atoms with van der Waals surface area (Å²) < 4.78 is 0. The Labute approximate surface area is 118 Å². The van der Waals surface area contributed by atoms with Gasteiger partial charge in [0.1, 0.15) is 0 Å². The quantitative estimate of drug-likeness (QED) is 0.503. The van der Waals surface area contributed by atoms with Crippen LogP contribution in [0.15, 0.2) is 11.6 Å². The van der Waals surface area contributed by atoms with Gasteiger partial charge in [0, 0.05) is 11.8 Å². The topological polar surface area (TPSA) is 12.0 Å². The van der Waals surface area contributed by atoms with Gasteiger partial charge in [-0.1, -0.05) is 38.3 Å². The van der Waals surface area contributed by atoms with Gasteiger partial charge in [-0.15, -0.1) is 0 Å². The summed E-state index contributed by atoms with van der Waals surface area (Å²) in [6.07, 6.45) is 13.4. The van der Waals surface area contributed by atoms with Gasteiger partial charge in [0.05, 0.1) is 0 Å². The predicted molar refractivity (Wildman–Crippen MR) is 85.5 cm³/mol. The van der Waals surface area contributed by atoms with Gasteiger partial charge < -0.3 is 5.32 Å². The van der Waals surface area contributed by atoms with E-state index in [1.807, 2.05) is 0 Å². The second-order valence-corrected chi connectivity index (χ2v) is 6.46. The molecule has 0 aromatic carbocycles. The summed E-state index contributed by atoms with van der Waals surface area (Å²) in [5.41, 5.74) is 1.70. The molecule has 0 spiro atoms. The number of nitrogens with one attached hydrogen (secondary N) is 1. The lowest BCUT2D eigenvalue weighted by atomic mass is 9.95. The molecule has 1 aliphatic carbocycles. The van der Waals surface area contributed by atoms with E-state index >= 15 is 0 Å². The Morgan fingerprint density at radius 3 is 2.78 bits per heavy atom. The van der Waals surface area contributed by atoms with Crippen LogP contribution in [-0.2, 0) is 0 Å². The zero-order valence-electron chi connectivity index (χ0n) is 12.3. The van der Waals surface area contributed by atoms with E-state index in [0.717, 1.165) is 6.54 Å². The largest absolute Gasteiger partial charge is 0.310 e. The van der Waals surface area contributed by atoms with Gasteiger partial charge in [0.15, 0.2) is 0 Å². The molecular weight excluding hydrogens is 238 g/mol. The molecule has 18 heavy (non-hydrogen) atoms. The molecule has 1 aliphatic rings. The maximum absolute atomic E-state index is 3.76. The molecule has 0 saturated heterocycles. The van der Waals surface area contributed by atoms with Crippen LogP contribution < -0.4 is 5.32 Å². The Morgan fingerprint density at radius 1 is 1.17 bits per heavy atom. The van der Waals surface area contributed by atoms with Crippen LogP contribution in [0.3, 0.4) is 0 Å². The normalized spacial score (nSPS) is 18.9. The Hall–Kier alpha value is 0.0500. The number of thioether (sulfide) groups is 1. The fourth-order valence-corrected chi connectivity index (χ4v) is 3.52. The molecule has 1 rings (SSSR count). The highest BCUT2D eigenvalue weighted by Crippen LogP contribution is 2.22. The summed E-state index contributed by atoms with van der Waals surface area (Å²) in [6, 6.07) is 0.639. The highest BCUT2D eigenvalue weighted by Gasteiger charge is 2.14. The van der Waals surface area contributed by atoms with Gasteiger partial charge in [-0.2, -0.15) is 11.8 Å². The highest BCUT2D eigenvalue weighted by atomic mass is 32.2. The Kier molecular flexibility index (Phi) is 9.78. The maximum atomic E-state index is 3.76. The molecular formula is C16H31NS. The van der Waals surface area contributed by atoms with Crippen molar-refractivity contribution in [2.75, 3.05) is 18.1 Å². The lowest BCUT2D eigenvalue weighted by Gasteiger charge is -2.23. The molecule has 0 heterocycles. The Bertz CT molecular complexity index is 225. The molecule has 106 valence electrons. The fourth-order valence-electron chi connectivity index (χ4n) is 2.49. The van der Waals surface area contributed by atoms with Crippen molar-refractivity contribution < 1.29 is 0 Å². The fraction of sp³-hybridized carbons (Fsp3) is 0.875. The first-order valence-corrected chi connectivity index (χ1v) is 9.04. The minimum absolute atomic E-state index is 0.639. The van der Waals surface area contributed by atoms with Gasteiger partial charge >= 0.3 is 0 Å². The van der Waals surface area contributed by atoms with Crippen molar-refractivity contribution in [1.82, 2.24) is 5.32 Å². The van der Waals surface area contributed by atoms with E-state index in [1.54, 1.807) is 5.57 Å². The zero-order chi connectivity index (χ0) is 13.1. The second-order valence-electron chi connectivity index (χ2n) is 5.31. The van der Waals surface area contributed by atoms with E-state index in [-0.39, 0.29) is 0 Å². The summed E-state index contributed by atoms with van der Waals surface area (Å²) in [5.74, 6) is 2.57. The summed E-state index contributed by atoms with van der Waals surface area (Å²) >= 11 is 2.11. The first-order chi connectivity index (χ1) is 8.88. The number of hydrogen-bond acceptors (Lipinski definition) is 2. The van der Waals surface area contributed by atoms with Crippen LogP contribution in [0.25, 0.3) is 0 Å². The third kappa shape index (κ3) is 6.84. The average Bonchev–Trinajstić information content (AvgIpc) is 2.34. The summed E-state index contributed by atoms with van der Waals surface area (Å²) in [6.45, 7) is 5.70. The number of allylic oxidation sites excluding steroid dienone is 1. The molecule has 2 heteroatoms. The first kappa shape index (κ1) is 16.1. The van der Waals surface area contributed by atoms with E-state index in [1.165, 1.54) is 62.9 Å². The third-order valence-electron chi connectivity index (χ3n) is 3.55. The van der Waals surface area contributed by atoms with Crippen LogP contribution in [0.5, 0.6) is 0 Å². The van der Waals surface area contributed by atoms with Gasteiger partial charge in [-0.3, -0.25) is 0 Å². The summed E-state index contributed by atoms with van der Waals surface area (Å²) in [7, 11) is 0. The lowest BCUT2D eigenvalue weighted by molar-refractivity contribution is 0.554. The predicted octanol–water partition coefficient (Wildman–Crippen LogP) is 4.78. The maximum Gasteiger partial charge on any atom is 0.0370 e. The number of hydrogen-bond donors (Lipinski definition) is 1. The number of rotatable bonds is 8. The monoisotopic (exact) mass is 269 g/mol. The molecule has 0 aromatic heterocycles. The zero-order valence-corrected chi connectivity index (χ0v) is 13.2.